The lowest BCUT2D eigenvalue weighted by Crippen LogP contribution is -2.58. The molecule has 5 atom stereocenters. The number of likely N-dealkylation sites (tertiary alicyclic amines) is 2. The number of nitrogens with zero attached hydrogens (tertiary/aromatic N) is 8. The number of aromatic nitrogens is 3. The Morgan fingerprint density at radius 3 is 2.43 bits per heavy atom. The second kappa shape index (κ2) is 26.1. The predicted molar refractivity (Wildman–Crippen MR) is 290 cm³/mol. The molecule has 18 nitrogen and oxygen atoms in total. The smallest absolute Gasteiger partial charge is 0.254 e. The Balaban J connectivity index is 0.767. The van der Waals surface area contributed by atoms with E-state index in [1.54, 1.807) is 38.7 Å². The number of hydrogen-bond acceptors (Lipinski definition) is 14. The summed E-state index contributed by atoms with van der Waals surface area (Å²) in [6.45, 7) is 7.14. The maximum atomic E-state index is 14.5. The molecule has 5 N–H and O–H groups in total. The van der Waals surface area contributed by atoms with Crippen LogP contribution in [0, 0.1) is 28.9 Å². The summed E-state index contributed by atoms with van der Waals surface area (Å²) in [6, 6.07) is 11.3. The number of pyridine rings is 1. The highest BCUT2D eigenvalue weighted by atomic mass is 32.2. The minimum atomic E-state index is -0.758. The van der Waals surface area contributed by atoms with E-state index in [2.05, 4.69) is 37.0 Å². The largest absolute Gasteiger partial charge is 0.482 e. The number of ketones is 1. The molecule has 2 fully saturated rings. The number of ether oxygens (including phenoxy) is 1. The molecule has 4 aromatic rings. The number of fused-ring (bicyclic) bond motifs is 5. The van der Waals surface area contributed by atoms with Gasteiger partial charge in [0.05, 0.1) is 35.9 Å². The Labute approximate surface area is 452 Å². The lowest BCUT2D eigenvalue weighted by atomic mass is 9.88. The van der Waals surface area contributed by atoms with Gasteiger partial charge in [-0.1, -0.05) is 25.7 Å². The third-order valence-corrected chi connectivity index (χ3v) is 16.4. The Bertz CT molecular complexity index is 2870. The lowest BCUT2D eigenvalue weighted by molar-refractivity contribution is -0.138. The average Bonchev–Trinajstić information content (AvgIpc) is 4.22. The molecule has 410 valence electrons. The van der Waals surface area contributed by atoms with E-state index in [0.29, 0.717) is 46.7 Å². The summed E-state index contributed by atoms with van der Waals surface area (Å²) in [5, 5.41) is 24.7. The number of likely N-dealkylation sites (N-methyl/N-ethyl adjacent to an activating group) is 1. The number of nitrogens with two attached hydrogens (primary N) is 1. The number of anilines is 1. The van der Waals surface area contributed by atoms with Gasteiger partial charge in [-0.05, 0) is 134 Å². The number of carbonyl (C=O) groups excluding carboxylic acids is 5. The lowest BCUT2D eigenvalue weighted by Gasteiger charge is -2.38. The van der Waals surface area contributed by atoms with Crippen LogP contribution < -0.4 is 26.4 Å². The van der Waals surface area contributed by atoms with Crippen LogP contribution in [0.1, 0.15) is 128 Å². The molecule has 0 saturated carbocycles. The van der Waals surface area contributed by atoms with Crippen LogP contribution in [0.15, 0.2) is 59.7 Å². The van der Waals surface area contributed by atoms with Gasteiger partial charge in [0.15, 0.2) is 23.0 Å². The van der Waals surface area contributed by atoms with Crippen molar-refractivity contribution in [2.24, 2.45) is 10.9 Å². The minimum absolute atomic E-state index is 0.0310. The second-order valence-corrected chi connectivity index (χ2v) is 21.6. The number of thioether (sulfide) groups is 1. The number of aliphatic imine (C=N–C) groups is 1. The molecule has 6 heterocycles. The molecular weight excluding hydrogens is 1010 g/mol. The topological polar surface area (TPSA) is 233 Å². The van der Waals surface area contributed by atoms with Crippen LogP contribution in [0.2, 0.25) is 0 Å². The average molecular weight is 1080 g/mol. The number of benzene rings is 2. The third kappa shape index (κ3) is 13.7. The first-order chi connectivity index (χ1) is 37.1. The SMILES string of the molecule is CN[C@@H](C)C(=O)N[C@H](C(=O)N1CCC[C@H]1C1=NC(C(=O)c2ccc(F)cc2)CS1)C1CCN(CCCCCCCCC(=O)NCCn2nc(C#N)c3c2CN(C)C(=O)c2ccc(F)cc2[C@@H](C)Oc2cc-3cnc2N)CC1. The van der Waals surface area contributed by atoms with Crippen LogP contribution >= 0.6 is 11.8 Å². The van der Waals surface area contributed by atoms with E-state index >= 15 is 0 Å². The van der Waals surface area contributed by atoms with Gasteiger partial charge in [-0.2, -0.15) is 10.4 Å². The summed E-state index contributed by atoms with van der Waals surface area (Å²) in [4.78, 5) is 82.8. The highest BCUT2D eigenvalue weighted by Gasteiger charge is 2.43. The van der Waals surface area contributed by atoms with Crippen LogP contribution in [0.25, 0.3) is 11.1 Å². The molecule has 2 saturated heterocycles. The van der Waals surface area contributed by atoms with E-state index in [-0.39, 0.29) is 83.8 Å². The highest BCUT2D eigenvalue weighted by molar-refractivity contribution is 8.14. The normalized spacial score (nSPS) is 19.7. The maximum Gasteiger partial charge on any atom is 0.254 e. The maximum absolute atomic E-state index is 14.5. The number of Topliss-reactive ketones (excluding diaryl/α,β-unsaturated/α-hetero) is 1. The van der Waals surface area contributed by atoms with E-state index in [0.717, 1.165) is 88.9 Å². The van der Waals surface area contributed by atoms with Crippen LogP contribution in [0.5, 0.6) is 5.75 Å². The van der Waals surface area contributed by atoms with Gasteiger partial charge in [-0.25, -0.2) is 13.8 Å². The summed E-state index contributed by atoms with van der Waals surface area (Å²) >= 11 is 1.50. The molecule has 1 unspecified atom stereocenters. The summed E-state index contributed by atoms with van der Waals surface area (Å²) in [6.07, 6.45) is 10.0. The Kier molecular flexibility index (Phi) is 19.1. The number of nitrogens with one attached hydrogen (secondary N) is 3. The summed E-state index contributed by atoms with van der Waals surface area (Å²) in [5.74, 6) is -1.15. The Morgan fingerprint density at radius 2 is 1.69 bits per heavy atom. The number of rotatable bonds is 20. The fraction of sp³-hybridized carbons (Fsp3) is 0.518. The number of nitriles is 1. The molecule has 4 aliphatic rings. The fourth-order valence-electron chi connectivity index (χ4n) is 10.7. The molecule has 0 spiro atoms. The van der Waals surface area contributed by atoms with Crippen LogP contribution in [0.4, 0.5) is 14.6 Å². The number of halogens is 2. The summed E-state index contributed by atoms with van der Waals surface area (Å²) in [5.41, 5.74) is 8.84. The number of piperidine rings is 1. The fourth-order valence-corrected chi connectivity index (χ4v) is 11.9. The molecule has 2 bridgehead atoms. The number of carbonyl (C=O) groups is 5. The van der Waals surface area contributed by atoms with E-state index in [1.165, 1.54) is 65.3 Å². The van der Waals surface area contributed by atoms with Crippen molar-refractivity contribution in [1.82, 2.24) is 45.4 Å². The number of hydrogen-bond donors (Lipinski definition) is 4. The number of amides is 4. The van der Waals surface area contributed by atoms with Gasteiger partial charge in [0.25, 0.3) is 5.91 Å². The Hall–Kier alpha value is -6.76. The van der Waals surface area contributed by atoms with Crippen molar-refractivity contribution in [3.63, 3.8) is 0 Å². The van der Waals surface area contributed by atoms with Gasteiger partial charge in [0.2, 0.25) is 17.7 Å². The number of nitrogen functional groups attached to an aromatic ring is 1. The quantitative estimate of drug-likeness (QED) is 0.0552. The van der Waals surface area contributed by atoms with Crippen molar-refractivity contribution >= 4 is 52.0 Å². The molecule has 77 heavy (non-hydrogen) atoms. The molecule has 21 heteroatoms. The molecule has 2 aromatic heterocycles. The van der Waals surface area contributed by atoms with E-state index < -0.39 is 35.9 Å². The summed E-state index contributed by atoms with van der Waals surface area (Å²) < 4.78 is 35.8. The van der Waals surface area contributed by atoms with Gasteiger partial charge in [-0.3, -0.25) is 33.6 Å². The minimum Gasteiger partial charge on any atom is -0.482 e. The molecule has 4 amide bonds. The zero-order valence-electron chi connectivity index (χ0n) is 44.4. The van der Waals surface area contributed by atoms with Crippen LogP contribution in [-0.4, -0.2) is 141 Å². The second-order valence-electron chi connectivity index (χ2n) is 20.5. The van der Waals surface area contributed by atoms with Crippen molar-refractivity contribution < 1.29 is 37.5 Å². The molecule has 4 aliphatic heterocycles. The van der Waals surface area contributed by atoms with Gasteiger partial charge < -0.3 is 41.1 Å². The first-order valence-corrected chi connectivity index (χ1v) is 27.9. The van der Waals surface area contributed by atoms with E-state index in [9.17, 15) is 38.0 Å². The summed E-state index contributed by atoms with van der Waals surface area (Å²) in [7, 11) is 3.34. The molecule has 0 aliphatic carbocycles. The monoisotopic (exact) mass is 1080 g/mol. The van der Waals surface area contributed by atoms with Gasteiger partial charge in [-0.15, -0.1) is 11.8 Å². The van der Waals surface area contributed by atoms with Gasteiger partial charge >= 0.3 is 0 Å². The first-order valence-electron chi connectivity index (χ1n) is 26.9. The zero-order valence-corrected chi connectivity index (χ0v) is 45.2. The first kappa shape index (κ1) is 56.4. The van der Waals surface area contributed by atoms with Crippen molar-refractivity contribution in [3.8, 4) is 22.9 Å². The van der Waals surface area contributed by atoms with Gasteiger partial charge in [0.1, 0.15) is 35.9 Å². The molecule has 8 rings (SSSR count). The van der Waals surface area contributed by atoms with E-state index in [4.69, 9.17) is 15.5 Å². The molecule has 2 aromatic carbocycles. The number of unbranched alkanes of at least 4 members (excludes halogenated alkanes) is 5. The highest BCUT2D eigenvalue weighted by Crippen LogP contribution is 2.37. The predicted octanol–water partition coefficient (Wildman–Crippen LogP) is 6.44. The zero-order chi connectivity index (χ0) is 54.8. The Morgan fingerprint density at radius 1 is 0.961 bits per heavy atom. The van der Waals surface area contributed by atoms with Crippen LogP contribution in [0.3, 0.4) is 0 Å². The van der Waals surface area contributed by atoms with Crippen LogP contribution in [-0.2, 0) is 27.5 Å². The van der Waals surface area contributed by atoms with E-state index in [1.807, 2.05) is 4.90 Å². The third-order valence-electron chi connectivity index (χ3n) is 15.2. The standard InChI is InChI=1S/C56H70F2N12O6S/c1-34(61-3)53(73)65-50(56(75)69-24-11-12-45(69)54-64-44(33-77-54)51(72)37-14-16-39(57)17-15-37)36-20-25-68(26-21-36)23-10-8-6-5-7-9-13-48(71)62-22-27-70-46-32-67(4)55(74)41-19-18-40(58)29-42(41)35(2)76-47-28-38(31-63-52(47)60)49(46)43(30-59)66-70/h14-19,28-29,31,34-36,44-45,50,61H,5-13,20-27,32-33H2,1-4H3,(H2,60,63)(H,62,71)(H,65,73)/t34-,35+,44?,45-,50-/m0/s1. The van der Waals surface area contributed by atoms with Crippen molar-refractivity contribution in [2.75, 3.05) is 58.3 Å². The molecular formula is C56H70F2N12O6S. The molecule has 0 radical (unpaired) electrons. The van der Waals surface area contributed by atoms with Crippen molar-refractivity contribution in [3.05, 3.63) is 94.4 Å². The van der Waals surface area contributed by atoms with Gasteiger partial charge in [0, 0.05) is 66.3 Å². The van der Waals surface area contributed by atoms with Crippen molar-refractivity contribution in [2.45, 2.75) is 128 Å². The van der Waals surface area contributed by atoms with Crippen molar-refractivity contribution in [1.29, 1.82) is 5.26 Å².